The number of anilines is 1. The van der Waals surface area contributed by atoms with Crippen molar-refractivity contribution in [2.75, 3.05) is 32.6 Å². The molecular weight excluding hydrogens is 370 g/mol. The Morgan fingerprint density at radius 3 is 2.68 bits per heavy atom. The van der Waals surface area contributed by atoms with E-state index in [1.54, 1.807) is 26.1 Å². The van der Waals surface area contributed by atoms with Gasteiger partial charge in [0.15, 0.2) is 5.17 Å². The van der Waals surface area contributed by atoms with Crippen LogP contribution in [0.3, 0.4) is 0 Å². The van der Waals surface area contributed by atoms with Crippen LogP contribution in [0.1, 0.15) is 57.6 Å². The number of hydrogen-bond donors (Lipinski definition) is 0. The lowest BCUT2D eigenvalue weighted by atomic mass is 9.79. The first-order valence-corrected chi connectivity index (χ1v) is 10.7. The van der Waals surface area contributed by atoms with Crippen LogP contribution in [0.25, 0.3) is 6.08 Å². The molecule has 0 bridgehead atoms. The average molecular weight is 402 g/mol. The molecule has 1 amide bonds. The fraction of sp³-hybridized carbons (Fsp3) is 0.545. The van der Waals surface area contributed by atoms with Crippen LogP contribution in [0.2, 0.25) is 0 Å². The highest BCUT2D eigenvalue weighted by atomic mass is 32.2. The molecule has 0 saturated carbocycles. The van der Waals surface area contributed by atoms with Gasteiger partial charge in [0.1, 0.15) is 5.75 Å². The minimum absolute atomic E-state index is 0.0211. The Balaban J connectivity index is 2.10. The van der Waals surface area contributed by atoms with E-state index < -0.39 is 0 Å². The summed E-state index contributed by atoms with van der Waals surface area (Å²) < 4.78 is 5.73. The zero-order chi connectivity index (χ0) is 20.6. The summed E-state index contributed by atoms with van der Waals surface area (Å²) in [6, 6.07) is 4.36. The molecule has 0 aliphatic carbocycles. The molecule has 2 aliphatic rings. The van der Waals surface area contributed by atoms with Crippen LogP contribution in [-0.4, -0.2) is 49.3 Å². The predicted octanol–water partition coefficient (Wildman–Crippen LogP) is 4.73. The Labute approximate surface area is 172 Å². The van der Waals surface area contributed by atoms with Gasteiger partial charge in [-0.15, -0.1) is 0 Å². The number of carbonyl (C=O) groups excluding carboxylic acids is 1. The molecule has 1 aromatic rings. The van der Waals surface area contributed by atoms with E-state index in [2.05, 4.69) is 49.7 Å². The molecule has 2 aliphatic heterocycles. The molecule has 1 aromatic carbocycles. The Morgan fingerprint density at radius 2 is 2.11 bits per heavy atom. The van der Waals surface area contributed by atoms with Gasteiger partial charge in [-0.05, 0) is 62.1 Å². The Hall–Kier alpha value is -1.95. The summed E-state index contributed by atoms with van der Waals surface area (Å²) in [6.45, 7) is 10.2. The molecule has 5 nitrogen and oxygen atoms in total. The van der Waals surface area contributed by atoms with Gasteiger partial charge in [0.05, 0.1) is 12.0 Å². The molecule has 28 heavy (non-hydrogen) atoms. The normalized spacial score (nSPS) is 24.2. The summed E-state index contributed by atoms with van der Waals surface area (Å²) in [6.07, 6.45) is 4.14. The molecule has 1 saturated heterocycles. The van der Waals surface area contributed by atoms with Gasteiger partial charge < -0.3 is 9.64 Å². The summed E-state index contributed by atoms with van der Waals surface area (Å²) in [5.41, 5.74) is 3.64. The number of amidine groups is 1. The van der Waals surface area contributed by atoms with Gasteiger partial charge >= 0.3 is 0 Å². The maximum Gasteiger partial charge on any atom is 0.266 e. The molecule has 3 rings (SSSR count). The van der Waals surface area contributed by atoms with Crippen LogP contribution in [0.15, 0.2) is 22.0 Å². The number of carbonyl (C=O) groups is 1. The van der Waals surface area contributed by atoms with E-state index in [1.807, 2.05) is 6.08 Å². The maximum atomic E-state index is 12.6. The minimum atomic E-state index is -0.0211. The summed E-state index contributed by atoms with van der Waals surface area (Å²) in [5, 5.41) is 0.720. The third-order valence-corrected chi connectivity index (χ3v) is 6.82. The standard InChI is InChI=1S/C22H31N3O2S/c1-8-9-25-17-12-18(27-7)15(10-16(17)14(2)13-22(25,3)4)11-19-20(26)24(6)21(23-5)28-19/h10-12,14H,8-9,13H2,1-7H3/b19-11+,23-21?. The number of aliphatic imine (C=N–C) groups is 1. The predicted molar refractivity (Wildman–Crippen MR) is 119 cm³/mol. The molecule has 152 valence electrons. The van der Waals surface area contributed by atoms with E-state index in [0.29, 0.717) is 10.8 Å². The van der Waals surface area contributed by atoms with E-state index in [4.69, 9.17) is 4.74 Å². The second kappa shape index (κ2) is 7.82. The van der Waals surface area contributed by atoms with Gasteiger partial charge in [0.25, 0.3) is 5.91 Å². The van der Waals surface area contributed by atoms with Crippen molar-refractivity contribution in [3.05, 3.63) is 28.2 Å². The number of rotatable bonds is 4. The summed E-state index contributed by atoms with van der Waals surface area (Å²) in [7, 11) is 5.16. The van der Waals surface area contributed by atoms with Crippen molar-refractivity contribution in [1.29, 1.82) is 0 Å². The quantitative estimate of drug-likeness (QED) is 0.684. The van der Waals surface area contributed by atoms with Crippen molar-refractivity contribution in [1.82, 2.24) is 4.90 Å². The first kappa shape index (κ1) is 20.8. The number of amides is 1. The zero-order valence-corrected chi connectivity index (χ0v) is 18.8. The smallest absolute Gasteiger partial charge is 0.266 e. The molecule has 0 aromatic heterocycles. The van der Waals surface area contributed by atoms with Gasteiger partial charge in [-0.2, -0.15) is 0 Å². The largest absolute Gasteiger partial charge is 0.496 e. The lowest BCUT2D eigenvalue weighted by Gasteiger charge is -2.47. The van der Waals surface area contributed by atoms with Crippen LogP contribution in [0, 0.1) is 0 Å². The Morgan fingerprint density at radius 1 is 1.39 bits per heavy atom. The van der Waals surface area contributed by atoms with Crippen LogP contribution >= 0.6 is 11.8 Å². The highest BCUT2D eigenvalue weighted by Crippen LogP contribution is 2.46. The number of fused-ring (bicyclic) bond motifs is 1. The molecule has 0 spiro atoms. The molecule has 1 atom stereocenters. The number of benzene rings is 1. The van der Waals surface area contributed by atoms with E-state index in [1.165, 1.54) is 23.0 Å². The van der Waals surface area contributed by atoms with E-state index in [0.717, 1.165) is 35.9 Å². The minimum Gasteiger partial charge on any atom is -0.496 e. The van der Waals surface area contributed by atoms with Gasteiger partial charge in [-0.3, -0.25) is 14.7 Å². The van der Waals surface area contributed by atoms with Crippen LogP contribution < -0.4 is 9.64 Å². The average Bonchev–Trinajstić information content (AvgIpc) is 2.92. The first-order valence-electron chi connectivity index (χ1n) is 9.87. The van der Waals surface area contributed by atoms with Crippen molar-refractivity contribution in [2.24, 2.45) is 4.99 Å². The zero-order valence-electron chi connectivity index (χ0n) is 18.0. The third-order valence-electron chi connectivity index (χ3n) is 5.67. The molecule has 1 unspecified atom stereocenters. The van der Waals surface area contributed by atoms with Crippen LogP contribution in [0.4, 0.5) is 5.69 Å². The Bertz CT molecular complexity index is 844. The first-order chi connectivity index (χ1) is 13.2. The SMILES string of the molecule is CCCN1c2cc(OC)c(/C=C3/SC(=NC)N(C)C3=O)cc2C(C)CC1(C)C. The molecule has 1 fully saturated rings. The number of likely N-dealkylation sites (N-methyl/N-ethyl adjacent to an activating group) is 1. The lowest BCUT2D eigenvalue weighted by molar-refractivity contribution is -0.121. The van der Waals surface area contributed by atoms with Crippen molar-refractivity contribution in [3.63, 3.8) is 0 Å². The second-order valence-corrected chi connectivity index (χ2v) is 9.21. The monoisotopic (exact) mass is 401 g/mol. The highest BCUT2D eigenvalue weighted by Gasteiger charge is 2.37. The van der Waals surface area contributed by atoms with Crippen molar-refractivity contribution in [3.8, 4) is 5.75 Å². The molecular formula is C22H31N3O2S. The number of methoxy groups -OCH3 is 1. The molecule has 2 heterocycles. The highest BCUT2D eigenvalue weighted by molar-refractivity contribution is 8.18. The van der Waals surface area contributed by atoms with Crippen molar-refractivity contribution < 1.29 is 9.53 Å². The van der Waals surface area contributed by atoms with Gasteiger partial charge in [-0.25, -0.2) is 0 Å². The van der Waals surface area contributed by atoms with Crippen LogP contribution in [0.5, 0.6) is 5.75 Å². The number of nitrogens with zero attached hydrogens (tertiary/aromatic N) is 3. The fourth-order valence-electron chi connectivity index (χ4n) is 4.35. The third kappa shape index (κ3) is 3.54. The van der Waals surface area contributed by atoms with Crippen molar-refractivity contribution in [2.45, 2.75) is 52.0 Å². The van der Waals surface area contributed by atoms with Crippen molar-refractivity contribution >= 4 is 34.6 Å². The van der Waals surface area contributed by atoms with Gasteiger partial charge in [0, 0.05) is 43.5 Å². The molecule has 0 radical (unpaired) electrons. The number of thioether (sulfide) groups is 1. The number of hydrogen-bond acceptors (Lipinski definition) is 5. The van der Waals surface area contributed by atoms with E-state index in [9.17, 15) is 4.79 Å². The maximum absolute atomic E-state index is 12.6. The Kier molecular flexibility index (Phi) is 5.80. The summed E-state index contributed by atoms with van der Waals surface area (Å²) >= 11 is 1.41. The van der Waals surface area contributed by atoms with Crippen LogP contribution in [-0.2, 0) is 4.79 Å². The summed E-state index contributed by atoms with van der Waals surface area (Å²) in [5.74, 6) is 1.23. The topological polar surface area (TPSA) is 45.1 Å². The molecule has 0 N–H and O–H groups in total. The fourth-order valence-corrected chi connectivity index (χ4v) is 5.27. The van der Waals surface area contributed by atoms with E-state index in [-0.39, 0.29) is 11.4 Å². The molecule has 6 heteroatoms. The summed E-state index contributed by atoms with van der Waals surface area (Å²) in [4.78, 5) is 21.5. The second-order valence-electron chi connectivity index (χ2n) is 8.20. The van der Waals surface area contributed by atoms with Gasteiger partial charge in [-0.1, -0.05) is 13.8 Å². The van der Waals surface area contributed by atoms with E-state index >= 15 is 0 Å². The number of ether oxygens (including phenoxy) is 1. The van der Waals surface area contributed by atoms with Gasteiger partial charge in [0.2, 0.25) is 0 Å². The lowest BCUT2D eigenvalue weighted by Crippen LogP contribution is -2.48.